The fourth-order valence-corrected chi connectivity index (χ4v) is 1.52. The van der Waals surface area contributed by atoms with Crippen LogP contribution in [0.5, 0.6) is 0 Å². The molecule has 0 radical (unpaired) electrons. The number of hydrogen-bond donors (Lipinski definition) is 3. The molecule has 19 heavy (non-hydrogen) atoms. The molecule has 1 amide bonds. The van der Waals surface area contributed by atoms with E-state index < -0.39 is 30.9 Å². The van der Waals surface area contributed by atoms with Crippen molar-refractivity contribution >= 4 is 23.5 Å². The Morgan fingerprint density at radius 3 is 2.11 bits per heavy atom. The molecule has 1 aromatic carbocycles. The monoisotopic (exact) mass is 266 g/mol. The zero-order valence-corrected chi connectivity index (χ0v) is 10.3. The van der Waals surface area contributed by atoms with Gasteiger partial charge in [0.15, 0.2) is 0 Å². The number of amides is 1. The van der Waals surface area contributed by atoms with Gasteiger partial charge in [0.25, 0.3) is 5.91 Å². The predicted octanol–water partition coefficient (Wildman–Crippen LogP) is 0.189. The second-order valence-electron chi connectivity index (χ2n) is 4.02. The lowest BCUT2D eigenvalue weighted by molar-refractivity contribution is -0.140. The highest BCUT2D eigenvalue weighted by Gasteiger charge is 2.21. The van der Waals surface area contributed by atoms with Crippen molar-refractivity contribution in [2.75, 3.05) is 18.8 Å². The Kier molecular flexibility index (Phi) is 4.46. The minimum Gasteiger partial charge on any atom is -0.480 e. The van der Waals surface area contributed by atoms with E-state index in [0.717, 1.165) is 4.90 Å². The molecule has 4 N–H and O–H groups in total. The summed E-state index contributed by atoms with van der Waals surface area (Å²) in [5, 5.41) is 17.4. The summed E-state index contributed by atoms with van der Waals surface area (Å²) in [5.74, 6) is -3.21. The Bertz CT molecular complexity index is 511. The number of benzene rings is 1. The number of rotatable bonds is 5. The Balaban J connectivity index is 3.00. The van der Waals surface area contributed by atoms with Crippen LogP contribution in [-0.2, 0) is 9.59 Å². The van der Waals surface area contributed by atoms with Crippen LogP contribution in [0.1, 0.15) is 15.9 Å². The number of nitrogen functional groups attached to an aromatic ring is 1. The molecule has 1 rings (SSSR count). The van der Waals surface area contributed by atoms with Crippen molar-refractivity contribution in [2.45, 2.75) is 6.92 Å². The van der Waals surface area contributed by atoms with Crippen LogP contribution in [0.4, 0.5) is 5.69 Å². The van der Waals surface area contributed by atoms with Crippen molar-refractivity contribution in [3.8, 4) is 0 Å². The SMILES string of the molecule is Cc1cc(C(=O)N(CC(=O)O)CC(=O)O)ccc1N. The number of aliphatic carboxylic acids is 2. The van der Waals surface area contributed by atoms with E-state index >= 15 is 0 Å². The number of carbonyl (C=O) groups excluding carboxylic acids is 1. The topological polar surface area (TPSA) is 121 Å². The molecule has 0 bridgehead atoms. The van der Waals surface area contributed by atoms with Gasteiger partial charge in [-0.1, -0.05) is 0 Å². The van der Waals surface area contributed by atoms with Gasteiger partial charge in [-0.05, 0) is 30.7 Å². The molecule has 1 aromatic rings. The van der Waals surface area contributed by atoms with E-state index in [-0.39, 0.29) is 5.56 Å². The number of carboxylic acids is 2. The van der Waals surface area contributed by atoms with Gasteiger partial charge < -0.3 is 20.8 Å². The zero-order chi connectivity index (χ0) is 14.6. The average molecular weight is 266 g/mol. The minimum absolute atomic E-state index is 0.203. The highest BCUT2D eigenvalue weighted by atomic mass is 16.4. The summed E-state index contributed by atoms with van der Waals surface area (Å²) in [6.07, 6.45) is 0. The number of carbonyl (C=O) groups is 3. The summed E-state index contributed by atoms with van der Waals surface area (Å²) >= 11 is 0. The molecular formula is C12H14N2O5. The summed E-state index contributed by atoms with van der Waals surface area (Å²) in [7, 11) is 0. The molecule has 7 nitrogen and oxygen atoms in total. The highest BCUT2D eigenvalue weighted by Crippen LogP contribution is 2.14. The summed E-state index contributed by atoms with van der Waals surface area (Å²) in [6, 6.07) is 4.44. The van der Waals surface area contributed by atoms with Crippen LogP contribution in [0, 0.1) is 6.92 Å². The normalized spacial score (nSPS) is 9.95. The molecule has 0 saturated heterocycles. The van der Waals surface area contributed by atoms with Crippen LogP contribution in [0.3, 0.4) is 0 Å². The van der Waals surface area contributed by atoms with Gasteiger partial charge in [-0.3, -0.25) is 14.4 Å². The molecule has 102 valence electrons. The third kappa shape index (κ3) is 3.98. The molecule has 0 aromatic heterocycles. The Labute approximate surface area is 109 Å². The molecule has 0 fully saturated rings. The van der Waals surface area contributed by atoms with Crippen LogP contribution >= 0.6 is 0 Å². The molecule has 7 heteroatoms. The quantitative estimate of drug-likeness (QED) is 0.654. The van der Waals surface area contributed by atoms with Crippen LogP contribution in [0.2, 0.25) is 0 Å². The molecule has 0 heterocycles. The van der Waals surface area contributed by atoms with Gasteiger partial charge in [-0.25, -0.2) is 0 Å². The molecule has 0 aliphatic carbocycles. The largest absolute Gasteiger partial charge is 0.480 e. The molecule has 0 aliphatic heterocycles. The van der Waals surface area contributed by atoms with Crippen molar-refractivity contribution in [2.24, 2.45) is 0 Å². The zero-order valence-electron chi connectivity index (χ0n) is 10.3. The fourth-order valence-electron chi connectivity index (χ4n) is 1.52. The lowest BCUT2D eigenvalue weighted by Crippen LogP contribution is -2.39. The number of nitrogens with two attached hydrogens (primary N) is 1. The standard InChI is InChI=1S/C12H14N2O5/c1-7-4-8(2-3-9(7)13)12(19)14(5-10(15)16)6-11(17)18/h2-4H,5-6,13H2,1H3,(H,15,16)(H,17,18). The van der Waals surface area contributed by atoms with Crippen LogP contribution in [0.25, 0.3) is 0 Å². The first kappa shape index (κ1) is 14.5. The van der Waals surface area contributed by atoms with E-state index in [9.17, 15) is 14.4 Å². The summed E-state index contributed by atoms with van der Waals surface area (Å²) in [5.41, 5.74) is 6.98. The van der Waals surface area contributed by atoms with Gasteiger partial charge in [-0.15, -0.1) is 0 Å². The number of carboxylic acid groups (broad SMARTS) is 2. The number of anilines is 1. The second-order valence-corrected chi connectivity index (χ2v) is 4.02. The molecule has 0 spiro atoms. The maximum absolute atomic E-state index is 12.0. The second kappa shape index (κ2) is 5.85. The number of aryl methyl sites for hydroxylation is 1. The maximum atomic E-state index is 12.0. The summed E-state index contributed by atoms with van der Waals surface area (Å²) < 4.78 is 0. The lowest BCUT2D eigenvalue weighted by atomic mass is 10.1. The van der Waals surface area contributed by atoms with E-state index in [4.69, 9.17) is 15.9 Å². The van der Waals surface area contributed by atoms with E-state index in [1.807, 2.05) is 0 Å². The highest BCUT2D eigenvalue weighted by molar-refractivity contribution is 5.98. The molecule has 0 saturated carbocycles. The Morgan fingerprint density at radius 2 is 1.68 bits per heavy atom. The van der Waals surface area contributed by atoms with Crippen LogP contribution < -0.4 is 5.73 Å². The van der Waals surface area contributed by atoms with Crippen molar-refractivity contribution in [3.63, 3.8) is 0 Å². The lowest BCUT2D eigenvalue weighted by Gasteiger charge is -2.18. The third-order valence-corrected chi connectivity index (χ3v) is 2.46. The first-order valence-electron chi connectivity index (χ1n) is 5.40. The maximum Gasteiger partial charge on any atom is 0.323 e. The van der Waals surface area contributed by atoms with E-state index in [0.29, 0.717) is 11.3 Å². The minimum atomic E-state index is -1.28. The van der Waals surface area contributed by atoms with Crippen molar-refractivity contribution in [1.29, 1.82) is 0 Å². The van der Waals surface area contributed by atoms with Crippen LogP contribution in [0.15, 0.2) is 18.2 Å². The Morgan fingerprint density at radius 1 is 1.16 bits per heavy atom. The smallest absolute Gasteiger partial charge is 0.323 e. The molecule has 0 atom stereocenters. The van der Waals surface area contributed by atoms with E-state index in [2.05, 4.69) is 0 Å². The third-order valence-electron chi connectivity index (χ3n) is 2.46. The van der Waals surface area contributed by atoms with Gasteiger partial charge in [0.2, 0.25) is 0 Å². The van der Waals surface area contributed by atoms with Gasteiger partial charge in [-0.2, -0.15) is 0 Å². The van der Waals surface area contributed by atoms with Gasteiger partial charge in [0.05, 0.1) is 0 Å². The first-order chi connectivity index (χ1) is 8.81. The van der Waals surface area contributed by atoms with Crippen LogP contribution in [-0.4, -0.2) is 46.0 Å². The molecular weight excluding hydrogens is 252 g/mol. The average Bonchev–Trinajstić information content (AvgIpc) is 2.29. The Hall–Kier alpha value is -2.57. The van der Waals surface area contributed by atoms with Crippen molar-refractivity contribution < 1.29 is 24.6 Å². The van der Waals surface area contributed by atoms with Crippen molar-refractivity contribution in [1.82, 2.24) is 4.90 Å². The molecule has 0 aliphatic rings. The fraction of sp³-hybridized carbons (Fsp3) is 0.250. The number of nitrogens with zero attached hydrogens (tertiary/aromatic N) is 1. The predicted molar refractivity (Wildman–Crippen MR) is 66.8 cm³/mol. The van der Waals surface area contributed by atoms with Gasteiger partial charge in [0, 0.05) is 11.3 Å². The van der Waals surface area contributed by atoms with Crippen molar-refractivity contribution in [3.05, 3.63) is 29.3 Å². The van der Waals surface area contributed by atoms with E-state index in [1.165, 1.54) is 18.2 Å². The van der Waals surface area contributed by atoms with E-state index in [1.54, 1.807) is 6.92 Å². The molecule has 0 unspecified atom stereocenters. The number of hydrogen-bond acceptors (Lipinski definition) is 4. The first-order valence-corrected chi connectivity index (χ1v) is 5.40. The summed E-state index contributed by atoms with van der Waals surface area (Å²) in [6.45, 7) is 0.355. The van der Waals surface area contributed by atoms with Gasteiger partial charge in [0.1, 0.15) is 13.1 Å². The summed E-state index contributed by atoms with van der Waals surface area (Å²) in [4.78, 5) is 34.1. The van der Waals surface area contributed by atoms with Gasteiger partial charge >= 0.3 is 11.9 Å².